The summed E-state index contributed by atoms with van der Waals surface area (Å²) in [6.45, 7) is 1.49. The Balaban J connectivity index is 2.05. The molecule has 0 aliphatic rings. The molecule has 0 heterocycles. The van der Waals surface area contributed by atoms with Crippen molar-refractivity contribution in [2.45, 2.75) is 19.4 Å². The summed E-state index contributed by atoms with van der Waals surface area (Å²) in [6.07, 6.45) is 1.24. The van der Waals surface area contributed by atoms with Gasteiger partial charge in [-0.3, -0.25) is 9.59 Å². The van der Waals surface area contributed by atoms with Crippen molar-refractivity contribution in [3.63, 3.8) is 0 Å². The van der Waals surface area contributed by atoms with Gasteiger partial charge in [0, 0.05) is 27.1 Å². The van der Waals surface area contributed by atoms with Crippen LogP contribution in [0.4, 0.5) is 0 Å². The van der Waals surface area contributed by atoms with E-state index in [0.717, 1.165) is 12.0 Å². The van der Waals surface area contributed by atoms with Gasteiger partial charge in [0.05, 0.1) is 6.54 Å². The maximum atomic E-state index is 11.6. The van der Waals surface area contributed by atoms with Crippen molar-refractivity contribution >= 4 is 11.8 Å². The van der Waals surface area contributed by atoms with Crippen LogP contribution in [-0.4, -0.2) is 43.9 Å². The maximum absolute atomic E-state index is 11.6. The highest BCUT2D eigenvalue weighted by atomic mass is 16.2. The minimum absolute atomic E-state index is 0.0345. The number of hydrogen-bond donors (Lipinski definition) is 2. The Hall–Kier alpha value is -1.88. The molecule has 0 spiro atoms. The van der Waals surface area contributed by atoms with Crippen LogP contribution in [0.2, 0.25) is 0 Å². The zero-order chi connectivity index (χ0) is 14.8. The first-order valence-corrected chi connectivity index (χ1v) is 6.81. The summed E-state index contributed by atoms with van der Waals surface area (Å²) in [5, 5.41) is 5.87. The van der Waals surface area contributed by atoms with Crippen molar-refractivity contribution in [1.82, 2.24) is 15.5 Å². The lowest BCUT2D eigenvalue weighted by molar-refractivity contribution is -0.128. The molecule has 0 radical (unpaired) electrons. The molecule has 0 aliphatic heterocycles. The van der Waals surface area contributed by atoms with Crippen LogP contribution < -0.4 is 10.6 Å². The SMILES string of the molecule is CN(C)C(=O)CCCNCC(=O)NCc1ccccc1. The Kier molecular flexibility index (Phi) is 7.35. The van der Waals surface area contributed by atoms with Crippen LogP contribution in [0.3, 0.4) is 0 Å². The number of hydrogen-bond acceptors (Lipinski definition) is 3. The molecule has 0 bridgehead atoms. The second kappa shape index (κ2) is 9.09. The van der Waals surface area contributed by atoms with E-state index in [2.05, 4.69) is 10.6 Å². The van der Waals surface area contributed by atoms with Crippen LogP contribution in [0, 0.1) is 0 Å². The summed E-state index contributed by atoms with van der Waals surface area (Å²) in [6, 6.07) is 9.78. The number of carbonyl (C=O) groups is 2. The van der Waals surface area contributed by atoms with Gasteiger partial charge < -0.3 is 15.5 Å². The highest BCUT2D eigenvalue weighted by Crippen LogP contribution is 1.96. The number of carbonyl (C=O) groups excluding carboxylic acids is 2. The molecule has 0 saturated heterocycles. The van der Waals surface area contributed by atoms with E-state index in [1.807, 2.05) is 30.3 Å². The zero-order valence-corrected chi connectivity index (χ0v) is 12.2. The van der Waals surface area contributed by atoms with Crippen molar-refractivity contribution in [2.75, 3.05) is 27.2 Å². The number of nitrogens with one attached hydrogen (secondary N) is 2. The standard InChI is InChI=1S/C15H23N3O2/c1-18(2)15(20)9-6-10-16-12-14(19)17-11-13-7-4-3-5-8-13/h3-5,7-8,16H,6,9-12H2,1-2H3,(H,17,19). The van der Waals surface area contributed by atoms with E-state index in [0.29, 0.717) is 19.5 Å². The van der Waals surface area contributed by atoms with Crippen LogP contribution in [0.1, 0.15) is 18.4 Å². The quantitative estimate of drug-likeness (QED) is 0.690. The van der Waals surface area contributed by atoms with Gasteiger partial charge in [-0.05, 0) is 18.5 Å². The maximum Gasteiger partial charge on any atom is 0.234 e. The van der Waals surface area contributed by atoms with E-state index in [9.17, 15) is 9.59 Å². The van der Waals surface area contributed by atoms with E-state index in [1.165, 1.54) is 0 Å². The fourth-order valence-corrected chi connectivity index (χ4v) is 1.65. The van der Waals surface area contributed by atoms with Gasteiger partial charge in [-0.2, -0.15) is 0 Å². The van der Waals surface area contributed by atoms with E-state index >= 15 is 0 Å². The molecular weight excluding hydrogens is 254 g/mol. The Labute approximate surface area is 120 Å². The van der Waals surface area contributed by atoms with Crippen molar-refractivity contribution in [3.05, 3.63) is 35.9 Å². The first kappa shape index (κ1) is 16.2. The molecule has 1 aromatic carbocycles. The molecule has 0 saturated carbocycles. The average Bonchev–Trinajstić information content (AvgIpc) is 2.45. The van der Waals surface area contributed by atoms with Crippen LogP contribution in [0.5, 0.6) is 0 Å². The number of amides is 2. The third-order valence-electron chi connectivity index (χ3n) is 2.86. The topological polar surface area (TPSA) is 61.4 Å². The molecule has 0 unspecified atom stereocenters. The molecule has 2 amide bonds. The van der Waals surface area contributed by atoms with E-state index in [4.69, 9.17) is 0 Å². The number of nitrogens with zero attached hydrogens (tertiary/aromatic N) is 1. The Bertz CT molecular complexity index is 418. The third kappa shape index (κ3) is 6.89. The molecule has 2 N–H and O–H groups in total. The summed E-state index contributed by atoms with van der Waals surface area (Å²) in [5.74, 6) is 0.0770. The first-order chi connectivity index (χ1) is 9.59. The Morgan fingerprint density at radius 2 is 1.85 bits per heavy atom. The minimum atomic E-state index is -0.0345. The van der Waals surface area contributed by atoms with Gasteiger partial charge in [-0.1, -0.05) is 30.3 Å². The Morgan fingerprint density at radius 1 is 1.15 bits per heavy atom. The predicted octanol–water partition coefficient (Wildman–Crippen LogP) is 0.761. The van der Waals surface area contributed by atoms with Gasteiger partial charge >= 0.3 is 0 Å². The van der Waals surface area contributed by atoms with Crippen molar-refractivity contribution in [1.29, 1.82) is 0 Å². The second-order valence-electron chi connectivity index (χ2n) is 4.83. The fourth-order valence-electron chi connectivity index (χ4n) is 1.65. The number of rotatable bonds is 8. The molecule has 5 heteroatoms. The van der Waals surface area contributed by atoms with Crippen LogP contribution in [-0.2, 0) is 16.1 Å². The largest absolute Gasteiger partial charge is 0.351 e. The lowest BCUT2D eigenvalue weighted by atomic mass is 10.2. The summed E-state index contributed by atoms with van der Waals surface area (Å²) in [5.41, 5.74) is 1.08. The summed E-state index contributed by atoms with van der Waals surface area (Å²) < 4.78 is 0. The van der Waals surface area contributed by atoms with Gasteiger partial charge in [0.25, 0.3) is 0 Å². The molecule has 0 aliphatic carbocycles. The van der Waals surface area contributed by atoms with E-state index in [-0.39, 0.29) is 18.4 Å². The molecule has 5 nitrogen and oxygen atoms in total. The third-order valence-corrected chi connectivity index (χ3v) is 2.86. The molecule has 0 aromatic heterocycles. The summed E-state index contributed by atoms with van der Waals surface area (Å²) in [7, 11) is 3.49. The van der Waals surface area contributed by atoms with Crippen molar-refractivity contribution in [2.24, 2.45) is 0 Å². The highest BCUT2D eigenvalue weighted by Gasteiger charge is 2.04. The second-order valence-corrected chi connectivity index (χ2v) is 4.83. The first-order valence-electron chi connectivity index (χ1n) is 6.81. The van der Waals surface area contributed by atoms with Crippen molar-refractivity contribution < 1.29 is 9.59 Å². The van der Waals surface area contributed by atoms with Crippen LogP contribution >= 0.6 is 0 Å². The number of benzene rings is 1. The minimum Gasteiger partial charge on any atom is -0.351 e. The average molecular weight is 277 g/mol. The molecule has 1 rings (SSSR count). The van der Waals surface area contributed by atoms with Crippen LogP contribution in [0.15, 0.2) is 30.3 Å². The van der Waals surface area contributed by atoms with Crippen molar-refractivity contribution in [3.8, 4) is 0 Å². The zero-order valence-electron chi connectivity index (χ0n) is 12.2. The lowest BCUT2D eigenvalue weighted by Crippen LogP contribution is -2.34. The van der Waals surface area contributed by atoms with E-state index < -0.39 is 0 Å². The fraction of sp³-hybridized carbons (Fsp3) is 0.467. The highest BCUT2D eigenvalue weighted by molar-refractivity contribution is 5.78. The Morgan fingerprint density at radius 3 is 2.50 bits per heavy atom. The lowest BCUT2D eigenvalue weighted by Gasteiger charge is -2.10. The van der Waals surface area contributed by atoms with Gasteiger partial charge in [-0.25, -0.2) is 0 Å². The molecule has 110 valence electrons. The summed E-state index contributed by atoms with van der Waals surface area (Å²) in [4.78, 5) is 24.5. The molecular formula is C15H23N3O2. The van der Waals surface area contributed by atoms with Gasteiger partial charge in [0.1, 0.15) is 0 Å². The molecule has 20 heavy (non-hydrogen) atoms. The molecule has 1 aromatic rings. The monoisotopic (exact) mass is 277 g/mol. The van der Waals surface area contributed by atoms with E-state index in [1.54, 1.807) is 19.0 Å². The molecule has 0 atom stereocenters. The van der Waals surface area contributed by atoms with Gasteiger partial charge in [0.2, 0.25) is 11.8 Å². The normalized spacial score (nSPS) is 10.1. The predicted molar refractivity (Wildman–Crippen MR) is 79.1 cm³/mol. The van der Waals surface area contributed by atoms with Crippen LogP contribution in [0.25, 0.3) is 0 Å². The van der Waals surface area contributed by atoms with Gasteiger partial charge in [-0.15, -0.1) is 0 Å². The molecule has 0 fully saturated rings. The van der Waals surface area contributed by atoms with Gasteiger partial charge in [0.15, 0.2) is 0 Å². The summed E-state index contributed by atoms with van der Waals surface area (Å²) >= 11 is 0. The smallest absolute Gasteiger partial charge is 0.234 e.